The Morgan fingerprint density at radius 1 is 0.963 bits per heavy atom. The van der Waals surface area contributed by atoms with Gasteiger partial charge < -0.3 is 14.4 Å². The molecule has 0 unspecified atom stereocenters. The molecule has 1 saturated heterocycles. The van der Waals surface area contributed by atoms with Gasteiger partial charge in [-0.2, -0.15) is 13.2 Å². The predicted molar refractivity (Wildman–Crippen MR) is 94.7 cm³/mol. The van der Waals surface area contributed by atoms with Crippen LogP contribution in [0.15, 0.2) is 31.0 Å². The van der Waals surface area contributed by atoms with E-state index < -0.39 is 11.7 Å². The summed E-state index contributed by atoms with van der Waals surface area (Å²) in [4.78, 5) is 21.2. The second-order valence-corrected chi connectivity index (χ2v) is 6.28. The van der Waals surface area contributed by atoms with Gasteiger partial charge in [-0.1, -0.05) is 0 Å². The van der Waals surface area contributed by atoms with Crippen LogP contribution < -0.4 is 9.80 Å². The fraction of sp³-hybridized carbons (Fsp3) is 0.412. The third-order valence-corrected chi connectivity index (χ3v) is 4.70. The highest BCUT2D eigenvalue weighted by molar-refractivity contribution is 5.83. The van der Waals surface area contributed by atoms with Gasteiger partial charge in [-0.15, -0.1) is 0 Å². The highest BCUT2D eigenvalue weighted by Gasteiger charge is 2.31. The molecule has 1 fully saturated rings. The van der Waals surface area contributed by atoms with Crippen LogP contribution in [0.5, 0.6) is 0 Å². The van der Waals surface area contributed by atoms with Gasteiger partial charge in [-0.3, -0.25) is 0 Å². The molecule has 27 heavy (non-hydrogen) atoms. The first-order valence-electron chi connectivity index (χ1n) is 8.66. The first kappa shape index (κ1) is 17.5. The van der Waals surface area contributed by atoms with Crippen LogP contribution in [0.25, 0.3) is 11.2 Å². The van der Waals surface area contributed by atoms with Crippen molar-refractivity contribution in [3.8, 4) is 0 Å². The Kier molecular flexibility index (Phi) is 4.33. The number of halogens is 3. The number of alkyl halides is 3. The largest absolute Gasteiger partial charge is 0.417 e. The Hall–Kier alpha value is -2.91. The highest BCUT2D eigenvalue weighted by Crippen LogP contribution is 2.30. The van der Waals surface area contributed by atoms with Gasteiger partial charge in [0.1, 0.15) is 12.1 Å². The maximum absolute atomic E-state index is 12.7. The molecule has 0 radical (unpaired) electrons. The minimum atomic E-state index is -4.37. The van der Waals surface area contributed by atoms with Gasteiger partial charge in [0.05, 0.1) is 11.9 Å². The second-order valence-electron chi connectivity index (χ2n) is 6.28. The molecular formula is C17H18F3N7. The summed E-state index contributed by atoms with van der Waals surface area (Å²) < 4.78 is 40.0. The Morgan fingerprint density at radius 3 is 2.33 bits per heavy atom. The Balaban J connectivity index is 1.49. The van der Waals surface area contributed by atoms with E-state index in [9.17, 15) is 13.2 Å². The summed E-state index contributed by atoms with van der Waals surface area (Å²) in [5.41, 5.74) is 0.828. The molecule has 0 spiro atoms. The normalized spacial score (nSPS) is 15.6. The fourth-order valence-corrected chi connectivity index (χ4v) is 3.22. The van der Waals surface area contributed by atoms with Crippen LogP contribution in [0.3, 0.4) is 0 Å². The van der Waals surface area contributed by atoms with Crippen molar-refractivity contribution in [1.82, 2.24) is 24.5 Å². The van der Waals surface area contributed by atoms with Crippen LogP contribution in [-0.2, 0) is 12.7 Å². The maximum atomic E-state index is 12.7. The first-order chi connectivity index (χ1) is 13.0. The summed E-state index contributed by atoms with van der Waals surface area (Å²) in [5, 5.41) is 0. The summed E-state index contributed by atoms with van der Waals surface area (Å²) in [7, 11) is 0. The molecule has 3 aromatic rings. The molecule has 0 N–H and O–H groups in total. The summed E-state index contributed by atoms with van der Waals surface area (Å²) in [6.07, 6.45) is -0.196. The Labute approximate surface area is 153 Å². The van der Waals surface area contributed by atoms with Gasteiger partial charge in [-0.05, 0) is 19.1 Å². The molecule has 4 rings (SSSR count). The van der Waals surface area contributed by atoms with Crippen LogP contribution in [0, 0.1) is 0 Å². The lowest BCUT2D eigenvalue weighted by Crippen LogP contribution is -2.47. The molecule has 10 heteroatoms. The molecule has 3 aromatic heterocycles. The Bertz CT molecular complexity index is 928. The molecule has 1 aliphatic heterocycles. The zero-order chi connectivity index (χ0) is 19.0. The van der Waals surface area contributed by atoms with Gasteiger partial charge in [0.2, 0.25) is 0 Å². The molecule has 0 aromatic carbocycles. The van der Waals surface area contributed by atoms with E-state index in [0.29, 0.717) is 32.0 Å². The minimum absolute atomic E-state index is 0.547. The van der Waals surface area contributed by atoms with Crippen molar-refractivity contribution in [2.75, 3.05) is 36.0 Å². The molecule has 0 saturated carbocycles. The molecule has 0 amide bonds. The number of fused-ring (bicyclic) bond motifs is 1. The number of nitrogens with zero attached hydrogens (tertiary/aromatic N) is 7. The molecule has 142 valence electrons. The van der Waals surface area contributed by atoms with E-state index in [1.165, 1.54) is 12.4 Å². The molecule has 4 heterocycles. The number of pyridine rings is 1. The number of imidazole rings is 1. The SMILES string of the molecule is CCn1cnc2c(N3CCN(c4ccc(C(F)(F)F)cn4)CC3)ncnc21. The summed E-state index contributed by atoms with van der Waals surface area (Å²) >= 11 is 0. The Morgan fingerprint density at radius 2 is 1.70 bits per heavy atom. The zero-order valence-electron chi connectivity index (χ0n) is 14.7. The number of piperazine rings is 1. The van der Waals surface area contributed by atoms with Crippen molar-refractivity contribution in [3.63, 3.8) is 0 Å². The molecule has 0 atom stereocenters. The lowest BCUT2D eigenvalue weighted by Gasteiger charge is -2.36. The third-order valence-electron chi connectivity index (χ3n) is 4.70. The second kappa shape index (κ2) is 6.67. The number of aryl methyl sites for hydroxylation is 1. The number of hydrogen-bond donors (Lipinski definition) is 0. The minimum Gasteiger partial charge on any atom is -0.353 e. The average Bonchev–Trinajstić information content (AvgIpc) is 3.11. The van der Waals surface area contributed by atoms with Crippen molar-refractivity contribution in [2.45, 2.75) is 19.6 Å². The standard InChI is InChI=1S/C17H18F3N7/c1-2-25-11-24-14-15(25)22-10-23-16(14)27-7-5-26(6-8-27)13-4-3-12(9-21-13)17(18,19)20/h3-4,9-11H,2,5-8H2,1H3. The van der Waals surface area contributed by atoms with Crippen molar-refractivity contribution in [1.29, 1.82) is 0 Å². The van der Waals surface area contributed by atoms with E-state index in [0.717, 1.165) is 35.8 Å². The molecule has 0 aliphatic carbocycles. The van der Waals surface area contributed by atoms with E-state index in [1.807, 2.05) is 16.4 Å². The van der Waals surface area contributed by atoms with E-state index in [4.69, 9.17) is 0 Å². The lowest BCUT2D eigenvalue weighted by atomic mass is 10.2. The smallest absolute Gasteiger partial charge is 0.353 e. The quantitative estimate of drug-likeness (QED) is 0.699. The number of rotatable bonds is 3. The van der Waals surface area contributed by atoms with Crippen molar-refractivity contribution < 1.29 is 13.2 Å². The van der Waals surface area contributed by atoms with E-state index in [2.05, 4.69) is 24.8 Å². The summed E-state index contributed by atoms with van der Waals surface area (Å²) in [6, 6.07) is 2.49. The van der Waals surface area contributed by atoms with Crippen molar-refractivity contribution >= 4 is 22.8 Å². The van der Waals surface area contributed by atoms with Crippen LogP contribution in [0.1, 0.15) is 12.5 Å². The number of anilines is 2. The first-order valence-corrected chi connectivity index (χ1v) is 8.66. The predicted octanol–water partition coefficient (Wildman–Crippen LogP) is 2.59. The van der Waals surface area contributed by atoms with Crippen LogP contribution in [0.4, 0.5) is 24.8 Å². The number of aromatic nitrogens is 5. The van der Waals surface area contributed by atoms with Gasteiger partial charge >= 0.3 is 6.18 Å². The molecular weight excluding hydrogens is 359 g/mol. The topological polar surface area (TPSA) is 63.0 Å². The van der Waals surface area contributed by atoms with E-state index in [-0.39, 0.29) is 0 Å². The average molecular weight is 377 g/mol. The molecule has 7 nitrogen and oxygen atoms in total. The highest BCUT2D eigenvalue weighted by atomic mass is 19.4. The monoisotopic (exact) mass is 377 g/mol. The van der Waals surface area contributed by atoms with Crippen molar-refractivity contribution in [2.24, 2.45) is 0 Å². The maximum Gasteiger partial charge on any atom is 0.417 e. The summed E-state index contributed by atoms with van der Waals surface area (Å²) in [6.45, 7) is 5.43. The van der Waals surface area contributed by atoms with Gasteiger partial charge in [-0.25, -0.2) is 19.9 Å². The zero-order valence-corrected chi connectivity index (χ0v) is 14.7. The van der Waals surface area contributed by atoms with Crippen molar-refractivity contribution in [3.05, 3.63) is 36.5 Å². The van der Waals surface area contributed by atoms with E-state index in [1.54, 1.807) is 6.33 Å². The van der Waals surface area contributed by atoms with Gasteiger partial charge in [0, 0.05) is 38.9 Å². The van der Waals surface area contributed by atoms with Crippen LogP contribution in [0.2, 0.25) is 0 Å². The van der Waals surface area contributed by atoms with Crippen LogP contribution >= 0.6 is 0 Å². The molecule has 1 aliphatic rings. The van der Waals surface area contributed by atoms with E-state index >= 15 is 0 Å². The lowest BCUT2D eigenvalue weighted by molar-refractivity contribution is -0.137. The molecule has 0 bridgehead atoms. The third kappa shape index (κ3) is 3.26. The van der Waals surface area contributed by atoms with Gasteiger partial charge in [0.15, 0.2) is 17.0 Å². The fourth-order valence-electron chi connectivity index (χ4n) is 3.22. The van der Waals surface area contributed by atoms with Crippen LogP contribution in [-0.4, -0.2) is 50.7 Å². The summed E-state index contributed by atoms with van der Waals surface area (Å²) in [5.74, 6) is 1.33. The number of hydrogen-bond acceptors (Lipinski definition) is 6. The van der Waals surface area contributed by atoms with Gasteiger partial charge in [0.25, 0.3) is 0 Å².